The van der Waals surface area contributed by atoms with E-state index in [0.717, 1.165) is 53.5 Å². The number of imidazole rings is 1. The van der Waals surface area contributed by atoms with E-state index in [0.29, 0.717) is 19.6 Å². The number of nitrogens with zero attached hydrogens (tertiary/aromatic N) is 3. The lowest BCUT2D eigenvalue weighted by Crippen LogP contribution is -2.39. The van der Waals surface area contributed by atoms with Crippen LogP contribution in [-0.2, 0) is 31.4 Å². The van der Waals surface area contributed by atoms with Crippen molar-refractivity contribution in [3.8, 4) is 0 Å². The topological polar surface area (TPSA) is 79.3 Å². The van der Waals surface area contributed by atoms with Gasteiger partial charge >= 0.3 is 6.03 Å². The molecule has 29 heavy (non-hydrogen) atoms. The van der Waals surface area contributed by atoms with Gasteiger partial charge in [-0.15, -0.1) is 11.8 Å². The summed E-state index contributed by atoms with van der Waals surface area (Å²) in [6, 6.07) is 7.75. The van der Waals surface area contributed by atoms with E-state index in [1.165, 1.54) is 0 Å². The van der Waals surface area contributed by atoms with Gasteiger partial charge < -0.3 is 20.1 Å². The molecule has 0 atom stereocenters. The highest BCUT2D eigenvalue weighted by Crippen LogP contribution is 2.26. The van der Waals surface area contributed by atoms with Crippen LogP contribution in [0.3, 0.4) is 0 Å². The Labute approximate surface area is 175 Å². The molecular formula is C21H27N5O2S. The number of nitrogens with one attached hydrogen (secondary N) is 2. The Balaban J connectivity index is 1.39. The van der Waals surface area contributed by atoms with Crippen LogP contribution in [0.2, 0.25) is 0 Å². The van der Waals surface area contributed by atoms with Gasteiger partial charge in [0.2, 0.25) is 5.91 Å². The first-order valence-corrected chi connectivity index (χ1v) is 11.3. The quantitative estimate of drug-likeness (QED) is 0.738. The molecule has 2 aromatic rings. The van der Waals surface area contributed by atoms with Crippen LogP contribution < -0.4 is 10.6 Å². The Hall–Kier alpha value is -2.48. The normalized spacial score (nSPS) is 16.1. The molecule has 1 aliphatic carbocycles. The predicted molar refractivity (Wildman–Crippen MR) is 114 cm³/mol. The minimum Gasteiger partial charge on any atom is -0.349 e. The third-order valence-electron chi connectivity index (χ3n) is 5.85. The molecule has 1 aromatic heterocycles. The van der Waals surface area contributed by atoms with Crippen molar-refractivity contribution in [1.29, 1.82) is 0 Å². The standard InChI is InChI=1S/C21H27N5O2S/c1-25-18-13-26(21(28)23-15-7-4-8-16(11-15)29-2)10-9-17(18)24-19(25)12-22-20(27)14-5-3-6-14/h4,7-8,11,14H,3,5-6,9-10,12-13H2,1-2H3,(H,22,27)(H,23,28). The second-order valence-corrected chi connectivity index (χ2v) is 8.54. The maximum atomic E-state index is 12.7. The number of rotatable bonds is 5. The number of anilines is 1. The maximum absolute atomic E-state index is 12.7. The molecule has 8 heteroatoms. The van der Waals surface area contributed by atoms with Gasteiger partial charge in [-0.3, -0.25) is 4.79 Å². The van der Waals surface area contributed by atoms with Crippen molar-refractivity contribution < 1.29 is 9.59 Å². The summed E-state index contributed by atoms with van der Waals surface area (Å²) in [5, 5.41) is 6.01. The second-order valence-electron chi connectivity index (χ2n) is 7.66. The van der Waals surface area contributed by atoms with E-state index >= 15 is 0 Å². The molecule has 1 saturated carbocycles. The van der Waals surface area contributed by atoms with Crippen LogP contribution in [0, 0.1) is 5.92 Å². The Kier molecular flexibility index (Phi) is 5.80. The van der Waals surface area contributed by atoms with Gasteiger partial charge in [-0.25, -0.2) is 9.78 Å². The average Bonchev–Trinajstić information content (AvgIpc) is 3.00. The molecule has 2 aliphatic rings. The summed E-state index contributed by atoms with van der Waals surface area (Å²) >= 11 is 1.65. The van der Waals surface area contributed by atoms with Gasteiger partial charge in [-0.05, 0) is 37.3 Å². The number of carbonyl (C=O) groups excluding carboxylic acids is 2. The number of urea groups is 1. The molecule has 1 fully saturated rings. The van der Waals surface area contributed by atoms with Crippen molar-refractivity contribution >= 4 is 29.4 Å². The second kappa shape index (κ2) is 8.49. The van der Waals surface area contributed by atoms with E-state index < -0.39 is 0 Å². The van der Waals surface area contributed by atoms with Crippen LogP contribution in [0.5, 0.6) is 0 Å². The van der Waals surface area contributed by atoms with E-state index in [1.807, 2.05) is 47.0 Å². The van der Waals surface area contributed by atoms with Gasteiger partial charge in [0, 0.05) is 36.5 Å². The van der Waals surface area contributed by atoms with E-state index in [2.05, 4.69) is 10.6 Å². The minimum atomic E-state index is -0.102. The molecule has 1 aromatic carbocycles. The van der Waals surface area contributed by atoms with Crippen molar-refractivity contribution in [2.24, 2.45) is 13.0 Å². The minimum absolute atomic E-state index is 0.102. The van der Waals surface area contributed by atoms with Crippen LogP contribution in [0.15, 0.2) is 29.2 Å². The molecule has 3 amide bonds. The molecule has 0 spiro atoms. The summed E-state index contributed by atoms with van der Waals surface area (Å²) in [4.78, 5) is 32.5. The lowest BCUT2D eigenvalue weighted by atomic mass is 9.85. The summed E-state index contributed by atoms with van der Waals surface area (Å²) in [7, 11) is 1.96. The zero-order valence-corrected chi connectivity index (χ0v) is 17.7. The van der Waals surface area contributed by atoms with E-state index in [-0.39, 0.29) is 17.9 Å². The summed E-state index contributed by atoms with van der Waals surface area (Å²) in [6.45, 7) is 1.59. The van der Waals surface area contributed by atoms with Crippen LogP contribution in [0.1, 0.15) is 36.5 Å². The summed E-state index contributed by atoms with van der Waals surface area (Å²) < 4.78 is 2.02. The first-order valence-electron chi connectivity index (χ1n) is 10.1. The maximum Gasteiger partial charge on any atom is 0.322 e. The van der Waals surface area contributed by atoms with Gasteiger partial charge in [0.05, 0.1) is 24.5 Å². The van der Waals surface area contributed by atoms with E-state index in [9.17, 15) is 9.59 Å². The fraction of sp³-hybridized carbons (Fsp3) is 0.476. The SMILES string of the molecule is CSc1cccc(NC(=O)N2CCc3nc(CNC(=O)C4CCC4)n(C)c3C2)c1. The Morgan fingerprint density at radius 1 is 1.31 bits per heavy atom. The van der Waals surface area contributed by atoms with Gasteiger partial charge in [0.15, 0.2) is 0 Å². The lowest BCUT2D eigenvalue weighted by Gasteiger charge is -2.27. The summed E-state index contributed by atoms with van der Waals surface area (Å²) in [5.41, 5.74) is 2.86. The van der Waals surface area contributed by atoms with Crippen molar-refractivity contribution in [2.75, 3.05) is 18.1 Å². The van der Waals surface area contributed by atoms with Gasteiger partial charge in [-0.1, -0.05) is 12.5 Å². The highest BCUT2D eigenvalue weighted by Gasteiger charge is 2.27. The monoisotopic (exact) mass is 413 g/mol. The zero-order chi connectivity index (χ0) is 20.4. The molecule has 0 bridgehead atoms. The van der Waals surface area contributed by atoms with Crippen LogP contribution in [0.4, 0.5) is 10.5 Å². The van der Waals surface area contributed by atoms with Crippen LogP contribution in [0.25, 0.3) is 0 Å². The summed E-state index contributed by atoms with van der Waals surface area (Å²) in [6.07, 6.45) is 5.87. The third-order valence-corrected chi connectivity index (χ3v) is 6.58. The number of benzene rings is 1. The number of amides is 3. The average molecular weight is 414 g/mol. The van der Waals surface area contributed by atoms with Gasteiger partial charge in [0.25, 0.3) is 0 Å². The van der Waals surface area contributed by atoms with Crippen molar-refractivity contribution in [3.63, 3.8) is 0 Å². The number of thioether (sulfide) groups is 1. The van der Waals surface area contributed by atoms with Gasteiger partial charge in [-0.2, -0.15) is 0 Å². The molecule has 0 unspecified atom stereocenters. The zero-order valence-electron chi connectivity index (χ0n) is 16.9. The number of carbonyl (C=O) groups is 2. The summed E-state index contributed by atoms with van der Waals surface area (Å²) in [5.74, 6) is 1.15. The Bertz CT molecular complexity index is 922. The van der Waals surface area contributed by atoms with E-state index in [4.69, 9.17) is 4.98 Å². The van der Waals surface area contributed by atoms with E-state index in [1.54, 1.807) is 11.8 Å². The molecule has 0 saturated heterocycles. The highest BCUT2D eigenvalue weighted by atomic mass is 32.2. The lowest BCUT2D eigenvalue weighted by molar-refractivity contribution is -0.127. The first kappa shape index (κ1) is 19.8. The number of fused-ring (bicyclic) bond motifs is 1. The molecule has 2 heterocycles. The molecule has 1 aliphatic heterocycles. The largest absolute Gasteiger partial charge is 0.349 e. The molecule has 2 N–H and O–H groups in total. The molecule has 0 radical (unpaired) electrons. The van der Waals surface area contributed by atoms with Gasteiger partial charge in [0.1, 0.15) is 5.82 Å². The van der Waals surface area contributed by atoms with Crippen LogP contribution >= 0.6 is 11.8 Å². The molecule has 154 valence electrons. The number of hydrogen-bond acceptors (Lipinski definition) is 4. The predicted octanol–water partition coefficient (Wildman–Crippen LogP) is 3.15. The Morgan fingerprint density at radius 2 is 2.14 bits per heavy atom. The molecule has 4 rings (SSSR count). The van der Waals surface area contributed by atoms with Crippen LogP contribution in [-0.4, -0.2) is 39.2 Å². The number of hydrogen-bond donors (Lipinski definition) is 2. The number of aromatic nitrogens is 2. The molecular weight excluding hydrogens is 386 g/mol. The fourth-order valence-corrected chi connectivity index (χ4v) is 4.22. The third kappa shape index (κ3) is 4.27. The fourth-order valence-electron chi connectivity index (χ4n) is 3.76. The van der Waals surface area contributed by atoms with Crippen molar-refractivity contribution in [2.45, 2.75) is 43.7 Å². The first-order chi connectivity index (χ1) is 14.0. The highest BCUT2D eigenvalue weighted by molar-refractivity contribution is 7.98. The molecule has 7 nitrogen and oxygen atoms in total. The van der Waals surface area contributed by atoms with Crippen molar-refractivity contribution in [1.82, 2.24) is 19.8 Å². The Morgan fingerprint density at radius 3 is 2.86 bits per heavy atom. The van der Waals surface area contributed by atoms with Crippen molar-refractivity contribution in [3.05, 3.63) is 41.5 Å². The smallest absolute Gasteiger partial charge is 0.322 e.